The minimum atomic E-state index is 0.605. The van der Waals surface area contributed by atoms with E-state index >= 15 is 0 Å². The van der Waals surface area contributed by atoms with Crippen LogP contribution in [0.4, 0.5) is 5.82 Å². The number of nitrogens with zero attached hydrogens (tertiary/aromatic N) is 2. The lowest BCUT2D eigenvalue weighted by Gasteiger charge is -2.12. The Balaban J connectivity index is 1.88. The van der Waals surface area contributed by atoms with Crippen LogP contribution in [0.15, 0.2) is 42.5 Å². The van der Waals surface area contributed by atoms with Crippen LogP contribution in [-0.2, 0) is 6.42 Å². The number of para-hydroxylation sites is 2. The molecule has 2 aromatic carbocycles. The van der Waals surface area contributed by atoms with E-state index in [9.17, 15) is 0 Å². The van der Waals surface area contributed by atoms with Crippen LogP contribution in [0.25, 0.3) is 16.9 Å². The first-order valence-electron chi connectivity index (χ1n) is 9.06. The van der Waals surface area contributed by atoms with Crippen molar-refractivity contribution in [1.82, 2.24) is 9.78 Å². The first-order valence-corrected chi connectivity index (χ1v) is 9.06. The van der Waals surface area contributed by atoms with Crippen LogP contribution < -0.4 is 19.5 Å². The molecule has 1 aliphatic rings. The van der Waals surface area contributed by atoms with Gasteiger partial charge in [0.25, 0.3) is 0 Å². The Hall–Kier alpha value is -3.15. The van der Waals surface area contributed by atoms with Gasteiger partial charge in [0.15, 0.2) is 0 Å². The Morgan fingerprint density at radius 3 is 2.52 bits per heavy atom. The molecule has 3 aromatic rings. The van der Waals surface area contributed by atoms with Crippen LogP contribution in [0.1, 0.15) is 12.5 Å². The molecule has 1 aliphatic heterocycles. The zero-order valence-corrected chi connectivity index (χ0v) is 15.8. The number of benzene rings is 2. The van der Waals surface area contributed by atoms with Crippen molar-refractivity contribution in [3.8, 4) is 34.2 Å². The van der Waals surface area contributed by atoms with Crippen LogP contribution in [0.5, 0.6) is 17.2 Å². The Morgan fingerprint density at radius 2 is 1.81 bits per heavy atom. The predicted molar refractivity (Wildman–Crippen MR) is 105 cm³/mol. The van der Waals surface area contributed by atoms with Gasteiger partial charge >= 0.3 is 0 Å². The SMILES string of the molecule is CCOc1ccccc1-n1nc(-c2cc(OC)cc(OC)c2)c2c1NCC2. The van der Waals surface area contributed by atoms with E-state index in [2.05, 4.69) is 5.32 Å². The molecule has 0 saturated heterocycles. The van der Waals surface area contributed by atoms with Gasteiger partial charge in [-0.3, -0.25) is 0 Å². The normalized spacial score (nSPS) is 12.4. The van der Waals surface area contributed by atoms with Crippen LogP contribution in [0.3, 0.4) is 0 Å². The quantitative estimate of drug-likeness (QED) is 0.717. The highest BCUT2D eigenvalue weighted by Crippen LogP contribution is 2.38. The molecule has 6 nitrogen and oxygen atoms in total. The minimum absolute atomic E-state index is 0.605. The largest absolute Gasteiger partial charge is 0.497 e. The van der Waals surface area contributed by atoms with E-state index in [1.54, 1.807) is 14.2 Å². The monoisotopic (exact) mass is 365 g/mol. The summed E-state index contributed by atoms with van der Waals surface area (Å²) in [7, 11) is 3.31. The van der Waals surface area contributed by atoms with Crippen molar-refractivity contribution in [1.29, 1.82) is 0 Å². The number of rotatable bonds is 6. The van der Waals surface area contributed by atoms with E-state index in [-0.39, 0.29) is 0 Å². The molecule has 0 spiro atoms. The summed E-state index contributed by atoms with van der Waals surface area (Å²) < 4.78 is 18.6. The van der Waals surface area contributed by atoms with Crippen molar-refractivity contribution >= 4 is 5.82 Å². The molecule has 0 unspecified atom stereocenters. The topological polar surface area (TPSA) is 57.5 Å². The average Bonchev–Trinajstić information content (AvgIpc) is 3.31. The number of hydrogen-bond acceptors (Lipinski definition) is 5. The van der Waals surface area contributed by atoms with Crippen LogP contribution in [0, 0.1) is 0 Å². The van der Waals surface area contributed by atoms with Gasteiger partial charge in [-0.05, 0) is 37.6 Å². The summed E-state index contributed by atoms with van der Waals surface area (Å²) in [6, 6.07) is 13.8. The molecule has 0 atom stereocenters. The Labute approximate surface area is 158 Å². The molecule has 1 aromatic heterocycles. The van der Waals surface area contributed by atoms with E-state index in [0.717, 1.165) is 53.0 Å². The van der Waals surface area contributed by atoms with E-state index < -0.39 is 0 Å². The summed E-state index contributed by atoms with van der Waals surface area (Å²) in [6.07, 6.45) is 0.918. The molecule has 4 rings (SSSR count). The van der Waals surface area contributed by atoms with Crippen molar-refractivity contribution in [2.24, 2.45) is 0 Å². The third kappa shape index (κ3) is 3.07. The highest BCUT2D eigenvalue weighted by atomic mass is 16.5. The van der Waals surface area contributed by atoms with Crippen molar-refractivity contribution in [2.45, 2.75) is 13.3 Å². The lowest BCUT2D eigenvalue weighted by Crippen LogP contribution is -2.06. The number of hydrogen-bond donors (Lipinski definition) is 1. The molecule has 0 fully saturated rings. The number of fused-ring (bicyclic) bond motifs is 1. The summed E-state index contributed by atoms with van der Waals surface area (Å²) in [5.41, 5.74) is 4.01. The van der Waals surface area contributed by atoms with Gasteiger partial charge in [0, 0.05) is 23.7 Å². The molecule has 6 heteroatoms. The van der Waals surface area contributed by atoms with Gasteiger partial charge in [-0.25, -0.2) is 4.68 Å². The number of aromatic nitrogens is 2. The molecular formula is C21H23N3O3. The van der Waals surface area contributed by atoms with Crippen LogP contribution in [-0.4, -0.2) is 37.2 Å². The second kappa shape index (κ2) is 7.23. The van der Waals surface area contributed by atoms with E-state index in [1.807, 2.05) is 54.1 Å². The van der Waals surface area contributed by atoms with E-state index in [0.29, 0.717) is 6.61 Å². The highest BCUT2D eigenvalue weighted by Gasteiger charge is 2.25. The van der Waals surface area contributed by atoms with Gasteiger partial charge in [0.05, 0.1) is 26.5 Å². The van der Waals surface area contributed by atoms with Crippen molar-refractivity contribution in [3.05, 3.63) is 48.0 Å². The van der Waals surface area contributed by atoms with E-state index in [1.165, 1.54) is 5.56 Å². The Morgan fingerprint density at radius 1 is 1.07 bits per heavy atom. The molecular weight excluding hydrogens is 342 g/mol. The first-order chi connectivity index (χ1) is 13.2. The van der Waals surface area contributed by atoms with Crippen molar-refractivity contribution in [2.75, 3.05) is 32.7 Å². The average molecular weight is 365 g/mol. The molecule has 140 valence electrons. The molecule has 0 radical (unpaired) electrons. The highest BCUT2D eigenvalue weighted by molar-refractivity contribution is 5.75. The fourth-order valence-corrected chi connectivity index (χ4v) is 3.43. The van der Waals surface area contributed by atoms with Crippen molar-refractivity contribution in [3.63, 3.8) is 0 Å². The number of methoxy groups -OCH3 is 2. The second-order valence-corrected chi connectivity index (χ2v) is 6.27. The zero-order chi connectivity index (χ0) is 18.8. The maximum absolute atomic E-state index is 5.81. The third-order valence-electron chi connectivity index (χ3n) is 4.67. The minimum Gasteiger partial charge on any atom is -0.497 e. The van der Waals surface area contributed by atoms with Gasteiger partial charge in [0.1, 0.15) is 28.8 Å². The lowest BCUT2D eigenvalue weighted by atomic mass is 10.1. The molecule has 0 amide bonds. The first kappa shape index (κ1) is 17.3. The molecule has 0 aliphatic carbocycles. The van der Waals surface area contributed by atoms with Gasteiger partial charge in [0.2, 0.25) is 0 Å². The Kier molecular flexibility index (Phi) is 4.62. The maximum atomic E-state index is 5.81. The summed E-state index contributed by atoms with van der Waals surface area (Å²) >= 11 is 0. The molecule has 0 saturated carbocycles. The van der Waals surface area contributed by atoms with Gasteiger partial charge < -0.3 is 19.5 Å². The Bertz CT molecular complexity index is 943. The summed E-state index contributed by atoms with van der Waals surface area (Å²) in [5, 5.41) is 8.40. The van der Waals surface area contributed by atoms with Gasteiger partial charge in [-0.15, -0.1) is 0 Å². The summed E-state index contributed by atoms with van der Waals surface area (Å²) in [6.45, 7) is 3.47. The fraction of sp³-hybridized carbons (Fsp3) is 0.286. The summed E-state index contributed by atoms with van der Waals surface area (Å²) in [4.78, 5) is 0. The molecule has 27 heavy (non-hydrogen) atoms. The maximum Gasteiger partial charge on any atom is 0.145 e. The predicted octanol–water partition coefficient (Wildman–Crippen LogP) is 3.92. The van der Waals surface area contributed by atoms with Crippen LogP contribution >= 0.6 is 0 Å². The molecule has 0 bridgehead atoms. The van der Waals surface area contributed by atoms with E-state index in [4.69, 9.17) is 19.3 Å². The number of anilines is 1. The second-order valence-electron chi connectivity index (χ2n) is 6.27. The zero-order valence-electron chi connectivity index (χ0n) is 15.8. The lowest BCUT2D eigenvalue weighted by molar-refractivity contribution is 0.338. The smallest absolute Gasteiger partial charge is 0.145 e. The van der Waals surface area contributed by atoms with Crippen molar-refractivity contribution < 1.29 is 14.2 Å². The third-order valence-corrected chi connectivity index (χ3v) is 4.67. The van der Waals surface area contributed by atoms with Crippen LogP contribution in [0.2, 0.25) is 0 Å². The summed E-state index contributed by atoms with van der Waals surface area (Å²) in [5.74, 6) is 3.31. The molecule has 2 heterocycles. The van der Waals surface area contributed by atoms with Gasteiger partial charge in [-0.2, -0.15) is 5.10 Å². The standard InChI is InChI=1S/C21H23N3O3/c1-4-27-19-8-6-5-7-18(19)24-21-17(9-10-22-21)20(23-24)14-11-15(25-2)13-16(12-14)26-3/h5-8,11-13,22H,4,9-10H2,1-3H3. The van der Waals surface area contributed by atoms with Gasteiger partial charge in [-0.1, -0.05) is 12.1 Å². The number of nitrogens with one attached hydrogen (secondary N) is 1. The number of ether oxygens (including phenoxy) is 3. The molecule has 1 N–H and O–H groups in total. The fourth-order valence-electron chi connectivity index (χ4n) is 3.43.